The van der Waals surface area contributed by atoms with Crippen molar-refractivity contribution in [2.45, 2.75) is 20.0 Å². The number of ether oxygens (including phenoxy) is 1. The molecule has 1 aromatic carbocycles. The van der Waals surface area contributed by atoms with Gasteiger partial charge in [0.2, 0.25) is 0 Å². The smallest absolute Gasteiger partial charge is 0.122 e. The molecule has 0 atom stereocenters. The first-order chi connectivity index (χ1) is 9.79. The lowest BCUT2D eigenvalue weighted by molar-refractivity contribution is 0.304. The van der Waals surface area contributed by atoms with E-state index in [1.54, 1.807) is 12.4 Å². The third kappa shape index (κ3) is 4.11. The highest BCUT2D eigenvalue weighted by atomic mass is 16.5. The van der Waals surface area contributed by atoms with Gasteiger partial charge in [0.25, 0.3) is 0 Å². The third-order valence-corrected chi connectivity index (χ3v) is 2.79. The van der Waals surface area contributed by atoms with E-state index in [-0.39, 0.29) is 6.61 Å². The van der Waals surface area contributed by atoms with Crippen molar-refractivity contribution < 1.29 is 9.84 Å². The Kier molecular flexibility index (Phi) is 5.16. The van der Waals surface area contributed by atoms with Gasteiger partial charge < -0.3 is 9.84 Å². The zero-order valence-electron chi connectivity index (χ0n) is 11.5. The Bertz CT molecular complexity index is 612. The van der Waals surface area contributed by atoms with E-state index in [2.05, 4.69) is 16.8 Å². The molecule has 1 aromatic heterocycles. The summed E-state index contributed by atoms with van der Waals surface area (Å²) in [7, 11) is 0. The summed E-state index contributed by atoms with van der Waals surface area (Å²) in [6.07, 6.45) is 4.01. The van der Waals surface area contributed by atoms with Crippen LogP contribution in [0.15, 0.2) is 42.7 Å². The van der Waals surface area contributed by atoms with Gasteiger partial charge in [-0.25, -0.2) is 0 Å². The molecule has 3 nitrogen and oxygen atoms in total. The molecule has 0 unspecified atom stereocenters. The molecule has 2 aromatic rings. The van der Waals surface area contributed by atoms with E-state index in [0.717, 1.165) is 22.4 Å². The van der Waals surface area contributed by atoms with Gasteiger partial charge >= 0.3 is 0 Å². The standard InChI is InChI=1S/C17H17NO2/c1-14-12-15(4-2-3-11-19)5-6-17(14)20-13-16-7-9-18-10-8-16/h5-10,12,19H,3,11,13H2,1H3. The first-order valence-corrected chi connectivity index (χ1v) is 6.51. The number of rotatable bonds is 4. The summed E-state index contributed by atoms with van der Waals surface area (Å²) in [4.78, 5) is 3.98. The van der Waals surface area contributed by atoms with E-state index in [1.807, 2.05) is 37.3 Å². The SMILES string of the molecule is Cc1cc(C#CCCO)ccc1OCc1ccncc1. The molecule has 2 rings (SSSR count). The van der Waals surface area contributed by atoms with Crippen molar-refractivity contribution >= 4 is 0 Å². The summed E-state index contributed by atoms with van der Waals surface area (Å²) in [6.45, 7) is 2.62. The van der Waals surface area contributed by atoms with Gasteiger partial charge in [0.15, 0.2) is 0 Å². The maximum Gasteiger partial charge on any atom is 0.122 e. The predicted molar refractivity (Wildman–Crippen MR) is 78.3 cm³/mol. The zero-order chi connectivity index (χ0) is 14.2. The van der Waals surface area contributed by atoms with Crippen LogP contribution in [-0.2, 0) is 6.61 Å². The van der Waals surface area contributed by atoms with Crippen molar-refractivity contribution in [2.24, 2.45) is 0 Å². The molecule has 1 N–H and O–H groups in total. The van der Waals surface area contributed by atoms with Crippen LogP contribution < -0.4 is 4.74 Å². The van der Waals surface area contributed by atoms with Crippen LogP contribution in [0.5, 0.6) is 5.75 Å². The fraction of sp³-hybridized carbons (Fsp3) is 0.235. The molecule has 3 heteroatoms. The van der Waals surface area contributed by atoms with Gasteiger partial charge in [0.05, 0.1) is 6.61 Å². The van der Waals surface area contributed by atoms with Crippen LogP contribution in [0.4, 0.5) is 0 Å². The normalized spacial score (nSPS) is 9.70. The van der Waals surface area contributed by atoms with E-state index in [0.29, 0.717) is 13.0 Å². The number of aryl methyl sites for hydroxylation is 1. The van der Waals surface area contributed by atoms with Gasteiger partial charge in [-0.3, -0.25) is 4.98 Å². The average molecular weight is 267 g/mol. The average Bonchev–Trinajstić information content (AvgIpc) is 2.48. The second-order valence-corrected chi connectivity index (χ2v) is 4.40. The number of aliphatic hydroxyl groups excluding tert-OH is 1. The molecule has 0 aliphatic rings. The topological polar surface area (TPSA) is 42.4 Å². The molecule has 0 bridgehead atoms. The molecule has 20 heavy (non-hydrogen) atoms. The number of pyridine rings is 1. The summed E-state index contributed by atoms with van der Waals surface area (Å²) in [5.74, 6) is 6.78. The molecule has 0 aliphatic carbocycles. The van der Waals surface area contributed by atoms with E-state index in [1.165, 1.54) is 0 Å². The van der Waals surface area contributed by atoms with Crippen molar-refractivity contribution in [1.82, 2.24) is 4.98 Å². The van der Waals surface area contributed by atoms with Gasteiger partial charge in [-0.05, 0) is 48.4 Å². The van der Waals surface area contributed by atoms with Crippen LogP contribution in [0.3, 0.4) is 0 Å². The quantitative estimate of drug-likeness (QED) is 0.866. The Morgan fingerprint density at radius 1 is 1.20 bits per heavy atom. The third-order valence-electron chi connectivity index (χ3n) is 2.79. The monoisotopic (exact) mass is 267 g/mol. The fourth-order valence-electron chi connectivity index (χ4n) is 1.75. The Morgan fingerprint density at radius 2 is 2.00 bits per heavy atom. The van der Waals surface area contributed by atoms with Crippen molar-refractivity contribution in [1.29, 1.82) is 0 Å². The first-order valence-electron chi connectivity index (χ1n) is 6.51. The number of nitrogens with zero attached hydrogens (tertiary/aromatic N) is 1. The first kappa shape index (κ1) is 14.1. The van der Waals surface area contributed by atoms with Crippen LogP contribution in [0, 0.1) is 18.8 Å². The maximum atomic E-state index is 8.69. The summed E-state index contributed by atoms with van der Waals surface area (Å²) in [5, 5.41) is 8.69. The second kappa shape index (κ2) is 7.32. The van der Waals surface area contributed by atoms with E-state index >= 15 is 0 Å². The second-order valence-electron chi connectivity index (χ2n) is 4.40. The molecular weight excluding hydrogens is 250 g/mol. The number of aromatic nitrogens is 1. The summed E-state index contributed by atoms with van der Waals surface area (Å²) >= 11 is 0. The van der Waals surface area contributed by atoms with Crippen molar-refractivity contribution in [3.8, 4) is 17.6 Å². The van der Waals surface area contributed by atoms with Gasteiger partial charge in [0.1, 0.15) is 12.4 Å². The Labute approximate surface area is 119 Å². The number of benzene rings is 1. The summed E-state index contributed by atoms with van der Waals surface area (Å²) in [6, 6.07) is 9.72. The van der Waals surface area contributed by atoms with Crippen LogP contribution in [0.2, 0.25) is 0 Å². The molecule has 1 heterocycles. The van der Waals surface area contributed by atoms with Crippen LogP contribution >= 0.6 is 0 Å². The minimum Gasteiger partial charge on any atom is -0.489 e. The predicted octanol–water partition coefficient (Wildman–Crippen LogP) is 2.70. The number of aliphatic hydroxyl groups is 1. The van der Waals surface area contributed by atoms with E-state index < -0.39 is 0 Å². The molecule has 0 fully saturated rings. The summed E-state index contributed by atoms with van der Waals surface area (Å²) < 4.78 is 5.79. The lowest BCUT2D eigenvalue weighted by Crippen LogP contribution is -1.97. The maximum absolute atomic E-state index is 8.69. The molecule has 0 amide bonds. The molecule has 0 aliphatic heterocycles. The largest absolute Gasteiger partial charge is 0.489 e. The molecule has 0 radical (unpaired) electrons. The summed E-state index contributed by atoms with van der Waals surface area (Å²) in [5.41, 5.74) is 3.08. The fourth-order valence-corrected chi connectivity index (χ4v) is 1.75. The van der Waals surface area contributed by atoms with E-state index in [4.69, 9.17) is 9.84 Å². The van der Waals surface area contributed by atoms with Crippen molar-refractivity contribution in [3.63, 3.8) is 0 Å². The number of hydrogen-bond acceptors (Lipinski definition) is 3. The van der Waals surface area contributed by atoms with Gasteiger partial charge in [-0.1, -0.05) is 11.8 Å². The Morgan fingerprint density at radius 3 is 2.70 bits per heavy atom. The van der Waals surface area contributed by atoms with Gasteiger partial charge in [-0.2, -0.15) is 0 Å². The number of hydrogen-bond donors (Lipinski definition) is 1. The minimum absolute atomic E-state index is 0.0963. The van der Waals surface area contributed by atoms with Gasteiger partial charge in [0, 0.05) is 24.4 Å². The molecule has 102 valence electrons. The Balaban J connectivity index is 2.01. The Hall–Kier alpha value is -2.31. The minimum atomic E-state index is 0.0963. The molecular formula is C17H17NO2. The van der Waals surface area contributed by atoms with Crippen LogP contribution in [0.25, 0.3) is 0 Å². The van der Waals surface area contributed by atoms with Crippen molar-refractivity contribution in [3.05, 3.63) is 59.4 Å². The zero-order valence-corrected chi connectivity index (χ0v) is 11.5. The molecule has 0 saturated carbocycles. The molecule has 0 saturated heterocycles. The lowest BCUT2D eigenvalue weighted by Gasteiger charge is -2.09. The highest BCUT2D eigenvalue weighted by molar-refractivity contribution is 5.43. The highest BCUT2D eigenvalue weighted by Gasteiger charge is 2.01. The van der Waals surface area contributed by atoms with Crippen LogP contribution in [0.1, 0.15) is 23.1 Å². The highest BCUT2D eigenvalue weighted by Crippen LogP contribution is 2.20. The van der Waals surface area contributed by atoms with E-state index in [9.17, 15) is 0 Å². The molecule has 0 spiro atoms. The lowest BCUT2D eigenvalue weighted by atomic mass is 10.1. The van der Waals surface area contributed by atoms with Crippen LogP contribution in [-0.4, -0.2) is 16.7 Å². The van der Waals surface area contributed by atoms with Crippen molar-refractivity contribution in [2.75, 3.05) is 6.61 Å². The van der Waals surface area contributed by atoms with Gasteiger partial charge in [-0.15, -0.1) is 0 Å².